The fourth-order valence-electron chi connectivity index (χ4n) is 2.03. The van der Waals surface area contributed by atoms with Crippen molar-refractivity contribution in [3.8, 4) is 0 Å². The van der Waals surface area contributed by atoms with E-state index in [1.165, 1.54) is 0 Å². The number of amidine groups is 1. The average molecular weight is 289 g/mol. The van der Waals surface area contributed by atoms with Crippen LogP contribution in [0.1, 0.15) is 36.4 Å². The molecular formula is C15H19N3O3. The number of carbonyl (C=O) groups excluding carboxylic acids is 1. The van der Waals surface area contributed by atoms with Crippen molar-refractivity contribution in [2.24, 2.45) is 10.9 Å². The Morgan fingerprint density at radius 2 is 2.19 bits per heavy atom. The zero-order chi connectivity index (χ0) is 15.6. The van der Waals surface area contributed by atoms with Gasteiger partial charge in [0.25, 0.3) is 5.91 Å². The summed E-state index contributed by atoms with van der Waals surface area (Å²) in [4.78, 5) is 12.3. The van der Waals surface area contributed by atoms with Gasteiger partial charge in [0.15, 0.2) is 11.6 Å². The van der Waals surface area contributed by atoms with Crippen LogP contribution in [0.2, 0.25) is 0 Å². The lowest BCUT2D eigenvalue weighted by Gasteiger charge is -2.27. The van der Waals surface area contributed by atoms with Crippen molar-refractivity contribution in [3.05, 3.63) is 35.6 Å². The van der Waals surface area contributed by atoms with Crippen LogP contribution in [0.3, 0.4) is 0 Å². The smallest absolute Gasteiger partial charge is 0.287 e. The quantitative estimate of drug-likeness (QED) is 0.348. The van der Waals surface area contributed by atoms with Gasteiger partial charge in [0, 0.05) is 5.39 Å². The highest BCUT2D eigenvalue weighted by Gasteiger charge is 2.31. The predicted octanol–water partition coefficient (Wildman–Crippen LogP) is 2.39. The number of hydrogen-bond donors (Lipinski definition) is 3. The Bertz CT molecular complexity index is 705. The van der Waals surface area contributed by atoms with Crippen LogP contribution in [-0.2, 0) is 0 Å². The number of nitrogens with two attached hydrogens (primary N) is 1. The van der Waals surface area contributed by atoms with Crippen LogP contribution in [0.15, 0.2) is 33.8 Å². The third-order valence-electron chi connectivity index (χ3n) is 3.67. The molecule has 6 nitrogen and oxygen atoms in total. The molecule has 6 heteroatoms. The zero-order valence-corrected chi connectivity index (χ0v) is 12.3. The largest absolute Gasteiger partial charge is 0.451 e. The van der Waals surface area contributed by atoms with E-state index in [0.29, 0.717) is 12.0 Å². The SMILES string of the molecule is CCC(C)(NC(=O)c1cc2cc(C)ccc2o1)C(N)=NO. The Labute approximate surface area is 122 Å². The molecule has 1 unspecified atom stereocenters. The molecule has 0 fully saturated rings. The van der Waals surface area contributed by atoms with Crippen molar-refractivity contribution < 1.29 is 14.4 Å². The molecule has 0 aliphatic carbocycles. The lowest BCUT2D eigenvalue weighted by atomic mass is 9.97. The van der Waals surface area contributed by atoms with Crippen LogP contribution in [0, 0.1) is 6.92 Å². The summed E-state index contributed by atoms with van der Waals surface area (Å²) in [6.45, 7) is 5.49. The fourth-order valence-corrected chi connectivity index (χ4v) is 2.03. The van der Waals surface area contributed by atoms with Crippen LogP contribution >= 0.6 is 0 Å². The molecule has 0 aliphatic heterocycles. The second-order valence-electron chi connectivity index (χ2n) is 5.28. The highest BCUT2D eigenvalue weighted by atomic mass is 16.4. The number of carbonyl (C=O) groups is 1. The Morgan fingerprint density at radius 3 is 2.81 bits per heavy atom. The van der Waals surface area contributed by atoms with Crippen LogP contribution in [0.4, 0.5) is 0 Å². The molecule has 2 rings (SSSR count). The first kappa shape index (κ1) is 14.9. The maximum absolute atomic E-state index is 12.3. The summed E-state index contributed by atoms with van der Waals surface area (Å²) < 4.78 is 5.53. The summed E-state index contributed by atoms with van der Waals surface area (Å²) >= 11 is 0. The van der Waals surface area contributed by atoms with E-state index in [1.54, 1.807) is 13.0 Å². The summed E-state index contributed by atoms with van der Waals surface area (Å²) in [5, 5.41) is 15.4. The van der Waals surface area contributed by atoms with E-state index in [0.717, 1.165) is 10.9 Å². The molecule has 4 N–H and O–H groups in total. The topological polar surface area (TPSA) is 101 Å². The minimum Gasteiger partial charge on any atom is -0.451 e. The van der Waals surface area contributed by atoms with Crippen LogP contribution < -0.4 is 11.1 Å². The Kier molecular flexibility index (Phi) is 3.88. The third kappa shape index (κ3) is 2.84. The maximum Gasteiger partial charge on any atom is 0.287 e. The Balaban J connectivity index is 2.30. The van der Waals surface area contributed by atoms with Gasteiger partial charge in [-0.3, -0.25) is 4.79 Å². The van der Waals surface area contributed by atoms with E-state index in [-0.39, 0.29) is 11.6 Å². The average Bonchev–Trinajstić information content (AvgIpc) is 2.89. The Hall–Kier alpha value is -2.50. The molecule has 0 saturated carbocycles. The van der Waals surface area contributed by atoms with Gasteiger partial charge in [-0.05, 0) is 38.5 Å². The number of hydrogen-bond acceptors (Lipinski definition) is 4. The number of aryl methyl sites for hydroxylation is 1. The molecule has 0 saturated heterocycles. The molecule has 1 atom stereocenters. The number of fused-ring (bicyclic) bond motifs is 1. The van der Waals surface area contributed by atoms with E-state index in [2.05, 4.69) is 10.5 Å². The summed E-state index contributed by atoms with van der Waals surface area (Å²) in [7, 11) is 0. The van der Waals surface area contributed by atoms with E-state index >= 15 is 0 Å². The van der Waals surface area contributed by atoms with Gasteiger partial charge in [0.05, 0.1) is 5.54 Å². The third-order valence-corrected chi connectivity index (χ3v) is 3.67. The number of nitrogens with one attached hydrogen (secondary N) is 1. The molecule has 2 aromatic rings. The number of oxime groups is 1. The van der Waals surface area contributed by atoms with Gasteiger partial charge in [0.2, 0.25) is 0 Å². The van der Waals surface area contributed by atoms with Crippen LogP contribution in [0.5, 0.6) is 0 Å². The second-order valence-corrected chi connectivity index (χ2v) is 5.28. The highest BCUT2D eigenvalue weighted by molar-refractivity contribution is 6.00. The number of amides is 1. The molecule has 1 amide bonds. The number of furan rings is 1. The lowest BCUT2D eigenvalue weighted by molar-refractivity contribution is 0.0899. The molecule has 1 aromatic carbocycles. The first-order valence-electron chi connectivity index (χ1n) is 6.70. The molecular weight excluding hydrogens is 270 g/mol. The number of benzene rings is 1. The highest BCUT2D eigenvalue weighted by Crippen LogP contribution is 2.21. The van der Waals surface area contributed by atoms with Gasteiger partial charge in [-0.25, -0.2) is 0 Å². The van der Waals surface area contributed by atoms with Gasteiger partial charge in [-0.15, -0.1) is 0 Å². The minimum atomic E-state index is -0.930. The van der Waals surface area contributed by atoms with Crippen molar-refractivity contribution in [1.82, 2.24) is 5.32 Å². The van der Waals surface area contributed by atoms with E-state index in [4.69, 9.17) is 15.4 Å². The minimum absolute atomic E-state index is 0.0506. The standard InChI is InChI=1S/C15H19N3O3/c1-4-15(3,14(16)18-20)17-13(19)12-8-10-7-9(2)5-6-11(10)21-12/h5-8,20H,4H2,1-3H3,(H2,16,18)(H,17,19). The number of rotatable bonds is 4. The van der Waals surface area contributed by atoms with Gasteiger partial charge < -0.3 is 20.7 Å². The lowest BCUT2D eigenvalue weighted by Crippen LogP contribution is -2.55. The van der Waals surface area contributed by atoms with Crippen molar-refractivity contribution in [1.29, 1.82) is 0 Å². The number of nitrogens with zero attached hydrogens (tertiary/aromatic N) is 1. The normalized spacial score (nSPS) is 14.9. The molecule has 0 spiro atoms. The van der Waals surface area contributed by atoms with Gasteiger partial charge in [-0.1, -0.05) is 23.7 Å². The summed E-state index contributed by atoms with van der Waals surface area (Å²) in [5.74, 6) is -0.258. The van der Waals surface area contributed by atoms with Gasteiger partial charge in [-0.2, -0.15) is 0 Å². The molecule has 1 heterocycles. The van der Waals surface area contributed by atoms with E-state index in [1.807, 2.05) is 32.0 Å². The first-order chi connectivity index (χ1) is 9.89. The van der Waals surface area contributed by atoms with Crippen molar-refractivity contribution >= 4 is 22.7 Å². The van der Waals surface area contributed by atoms with Crippen LogP contribution in [0.25, 0.3) is 11.0 Å². The van der Waals surface area contributed by atoms with Gasteiger partial charge >= 0.3 is 0 Å². The van der Waals surface area contributed by atoms with E-state index < -0.39 is 11.4 Å². The molecule has 112 valence electrons. The van der Waals surface area contributed by atoms with Crippen molar-refractivity contribution in [2.45, 2.75) is 32.7 Å². The fraction of sp³-hybridized carbons (Fsp3) is 0.333. The molecule has 0 radical (unpaired) electrons. The monoisotopic (exact) mass is 289 g/mol. The first-order valence-corrected chi connectivity index (χ1v) is 6.70. The second kappa shape index (κ2) is 5.47. The summed E-state index contributed by atoms with van der Waals surface area (Å²) in [6, 6.07) is 7.36. The Morgan fingerprint density at radius 1 is 1.48 bits per heavy atom. The van der Waals surface area contributed by atoms with Crippen molar-refractivity contribution in [3.63, 3.8) is 0 Å². The van der Waals surface area contributed by atoms with E-state index in [9.17, 15) is 4.79 Å². The molecule has 21 heavy (non-hydrogen) atoms. The maximum atomic E-state index is 12.3. The van der Waals surface area contributed by atoms with Crippen molar-refractivity contribution in [2.75, 3.05) is 0 Å². The molecule has 0 bridgehead atoms. The molecule has 0 aliphatic rings. The van der Waals surface area contributed by atoms with Crippen LogP contribution in [-0.4, -0.2) is 22.5 Å². The van der Waals surface area contributed by atoms with Gasteiger partial charge in [0.1, 0.15) is 5.58 Å². The predicted molar refractivity (Wildman–Crippen MR) is 80.5 cm³/mol. The summed E-state index contributed by atoms with van der Waals surface area (Å²) in [5.41, 5.74) is 6.44. The summed E-state index contributed by atoms with van der Waals surface area (Å²) in [6.07, 6.45) is 0.480. The zero-order valence-electron chi connectivity index (χ0n) is 12.3. The molecule has 1 aromatic heterocycles.